The van der Waals surface area contributed by atoms with Crippen LogP contribution in [0.2, 0.25) is 5.02 Å². The van der Waals surface area contributed by atoms with E-state index < -0.39 is 5.91 Å². The molecule has 11 heteroatoms. The first-order chi connectivity index (χ1) is 18.4. The molecule has 0 bridgehead atoms. The number of oxazole rings is 1. The summed E-state index contributed by atoms with van der Waals surface area (Å²) in [6.45, 7) is 1.99. The number of nitrogens with zero attached hydrogens (tertiary/aromatic N) is 4. The highest BCUT2D eigenvalue weighted by Gasteiger charge is 2.16. The number of hydrogen-bond donors (Lipinski definition) is 2. The maximum atomic E-state index is 13.5. The lowest BCUT2D eigenvalue weighted by molar-refractivity contribution is 0.0995. The Kier molecular flexibility index (Phi) is 6.88. The number of rotatable bonds is 8. The van der Waals surface area contributed by atoms with Crippen molar-refractivity contribution in [3.05, 3.63) is 112 Å². The van der Waals surface area contributed by atoms with Crippen molar-refractivity contribution in [3.8, 4) is 23.1 Å². The average molecular weight is 529 g/mol. The Morgan fingerprint density at radius 1 is 1.05 bits per heavy atom. The lowest BCUT2D eigenvalue weighted by Crippen LogP contribution is -2.26. The average Bonchev–Trinajstić information content (AvgIpc) is 3.34. The molecule has 0 atom stereocenters. The van der Waals surface area contributed by atoms with E-state index in [1.165, 1.54) is 16.8 Å². The second-order valence-electron chi connectivity index (χ2n) is 8.27. The molecule has 0 fully saturated rings. The molecule has 5 rings (SSSR count). The molecule has 10 nitrogen and oxygen atoms in total. The van der Waals surface area contributed by atoms with Gasteiger partial charge in [0.05, 0.1) is 12.7 Å². The number of aryl methyl sites for hydroxylation is 1. The number of pyridine rings is 1. The van der Waals surface area contributed by atoms with Gasteiger partial charge in [0, 0.05) is 23.0 Å². The summed E-state index contributed by atoms with van der Waals surface area (Å²) >= 11 is 6.03. The van der Waals surface area contributed by atoms with Crippen LogP contribution in [0.25, 0.3) is 11.5 Å². The van der Waals surface area contributed by atoms with E-state index >= 15 is 0 Å². The fourth-order valence-corrected chi connectivity index (χ4v) is 3.73. The van der Waals surface area contributed by atoms with Crippen LogP contribution in [0, 0.1) is 6.92 Å². The van der Waals surface area contributed by atoms with Crippen molar-refractivity contribution < 1.29 is 13.9 Å². The molecule has 0 aliphatic carbocycles. The van der Waals surface area contributed by atoms with Gasteiger partial charge < -0.3 is 20.2 Å². The summed E-state index contributed by atoms with van der Waals surface area (Å²) in [6, 6.07) is 18.9. The Morgan fingerprint density at radius 3 is 2.50 bits per heavy atom. The van der Waals surface area contributed by atoms with E-state index in [0.29, 0.717) is 28.2 Å². The molecule has 0 aliphatic heterocycles. The molecule has 38 heavy (non-hydrogen) atoms. The van der Waals surface area contributed by atoms with Gasteiger partial charge in [-0.3, -0.25) is 14.2 Å². The van der Waals surface area contributed by atoms with Crippen molar-refractivity contribution in [1.82, 2.24) is 19.5 Å². The van der Waals surface area contributed by atoms with E-state index in [9.17, 15) is 9.59 Å². The number of halogens is 1. The molecule has 0 aliphatic rings. The molecular formula is C27H21ClN6O4. The first-order valence-electron chi connectivity index (χ1n) is 11.4. The minimum absolute atomic E-state index is 0.105. The van der Waals surface area contributed by atoms with Crippen LogP contribution >= 0.6 is 11.6 Å². The summed E-state index contributed by atoms with van der Waals surface area (Å²) in [5.41, 5.74) is 6.83. The molecule has 0 saturated carbocycles. The number of carbonyl (C=O) groups is 1. The van der Waals surface area contributed by atoms with Gasteiger partial charge in [0.2, 0.25) is 17.7 Å². The van der Waals surface area contributed by atoms with E-state index in [1.807, 2.05) is 12.1 Å². The molecule has 3 heterocycles. The Labute approximate surface area is 221 Å². The normalized spacial score (nSPS) is 10.8. The zero-order valence-electron chi connectivity index (χ0n) is 20.1. The number of carbonyl (C=O) groups excluding carboxylic acids is 1. The molecule has 3 N–H and O–H groups in total. The summed E-state index contributed by atoms with van der Waals surface area (Å²) in [5, 5.41) is 3.78. The van der Waals surface area contributed by atoms with Crippen molar-refractivity contribution in [2.75, 3.05) is 5.32 Å². The summed E-state index contributed by atoms with van der Waals surface area (Å²) in [4.78, 5) is 37.6. The molecule has 0 unspecified atom stereocenters. The highest BCUT2D eigenvalue weighted by Crippen LogP contribution is 2.24. The summed E-state index contributed by atoms with van der Waals surface area (Å²) in [6.07, 6.45) is 2.98. The lowest BCUT2D eigenvalue weighted by atomic mass is 10.2. The van der Waals surface area contributed by atoms with Gasteiger partial charge in [-0.1, -0.05) is 29.8 Å². The topological polar surface area (TPSA) is 138 Å². The first kappa shape index (κ1) is 24.7. The summed E-state index contributed by atoms with van der Waals surface area (Å²) < 4.78 is 12.8. The molecule has 0 radical (unpaired) electrons. The van der Waals surface area contributed by atoms with Gasteiger partial charge in [-0.2, -0.15) is 0 Å². The number of aromatic nitrogens is 4. The molecule has 0 spiro atoms. The van der Waals surface area contributed by atoms with Crippen LogP contribution in [0.5, 0.6) is 11.6 Å². The molecule has 190 valence electrons. The Balaban J connectivity index is 1.43. The van der Waals surface area contributed by atoms with Gasteiger partial charge in [0.25, 0.3) is 11.5 Å². The minimum Gasteiger partial charge on any atom is -0.441 e. The van der Waals surface area contributed by atoms with Gasteiger partial charge in [0.1, 0.15) is 22.8 Å². The number of primary amides is 1. The van der Waals surface area contributed by atoms with Crippen LogP contribution in [-0.2, 0) is 6.54 Å². The van der Waals surface area contributed by atoms with Crippen LogP contribution in [0.1, 0.15) is 21.8 Å². The fourth-order valence-electron chi connectivity index (χ4n) is 3.60. The van der Waals surface area contributed by atoms with Crippen molar-refractivity contribution in [3.63, 3.8) is 0 Å². The molecule has 0 saturated heterocycles. The highest BCUT2D eigenvalue weighted by atomic mass is 35.5. The third-order valence-electron chi connectivity index (χ3n) is 5.46. The van der Waals surface area contributed by atoms with Crippen molar-refractivity contribution in [2.45, 2.75) is 13.5 Å². The minimum atomic E-state index is -0.642. The maximum absolute atomic E-state index is 13.5. The van der Waals surface area contributed by atoms with Gasteiger partial charge in [-0.15, -0.1) is 0 Å². The zero-order valence-corrected chi connectivity index (χ0v) is 20.8. The number of nitrogens with two attached hydrogens (primary N) is 1. The molecule has 1 amide bonds. The second kappa shape index (κ2) is 10.6. The van der Waals surface area contributed by atoms with E-state index in [4.69, 9.17) is 26.5 Å². The number of anilines is 2. The van der Waals surface area contributed by atoms with Gasteiger partial charge in [0.15, 0.2) is 0 Å². The van der Waals surface area contributed by atoms with Crippen molar-refractivity contribution in [1.29, 1.82) is 0 Å². The molecule has 3 aromatic heterocycles. The fraction of sp³-hybridized carbons (Fsp3) is 0.0741. The lowest BCUT2D eigenvalue weighted by Gasteiger charge is -2.15. The largest absolute Gasteiger partial charge is 0.441 e. The third-order valence-corrected chi connectivity index (χ3v) is 5.71. The summed E-state index contributed by atoms with van der Waals surface area (Å²) in [7, 11) is 0. The van der Waals surface area contributed by atoms with Crippen LogP contribution in [0.3, 0.4) is 0 Å². The number of ether oxygens (including phenoxy) is 1. The number of benzene rings is 2. The monoisotopic (exact) mass is 528 g/mol. The number of amides is 1. The van der Waals surface area contributed by atoms with E-state index in [-0.39, 0.29) is 35.1 Å². The van der Waals surface area contributed by atoms with Crippen molar-refractivity contribution >= 4 is 29.1 Å². The Bertz CT molecular complexity index is 1660. The Morgan fingerprint density at radius 2 is 1.82 bits per heavy atom. The van der Waals surface area contributed by atoms with Crippen LogP contribution < -0.4 is 21.3 Å². The number of hydrogen-bond acceptors (Lipinski definition) is 8. The van der Waals surface area contributed by atoms with Gasteiger partial charge in [-0.05, 0) is 55.0 Å². The number of nitrogens with one attached hydrogen (secondary N) is 1. The predicted molar refractivity (Wildman–Crippen MR) is 142 cm³/mol. The molecular weight excluding hydrogens is 508 g/mol. The quantitative estimate of drug-likeness (QED) is 0.289. The van der Waals surface area contributed by atoms with Crippen molar-refractivity contribution in [2.24, 2.45) is 5.73 Å². The summed E-state index contributed by atoms with van der Waals surface area (Å²) in [5.74, 6) is 1.19. The third kappa shape index (κ3) is 5.55. The maximum Gasteiger partial charge on any atom is 0.267 e. The molecule has 2 aromatic carbocycles. The van der Waals surface area contributed by atoms with E-state index in [0.717, 1.165) is 5.56 Å². The standard InChI is InChI=1S/C27H21ClN6O4/c1-16-13-30-25(37-16)21-14-31-27(34(26(21)36)15-17-5-7-18(28)8-6-17)32-19-9-11-20(12-10-19)38-23-4-2-3-22(33-23)24(29)35/h2-14H,15H2,1H3,(H2,29,35)(H,31,32). The van der Waals surface area contributed by atoms with E-state index in [2.05, 4.69) is 20.3 Å². The van der Waals surface area contributed by atoms with E-state index in [1.54, 1.807) is 61.7 Å². The zero-order chi connectivity index (χ0) is 26.6. The van der Waals surface area contributed by atoms with Crippen LogP contribution in [-0.4, -0.2) is 25.4 Å². The van der Waals surface area contributed by atoms with Gasteiger partial charge in [-0.25, -0.2) is 15.0 Å². The smallest absolute Gasteiger partial charge is 0.267 e. The van der Waals surface area contributed by atoms with Gasteiger partial charge >= 0.3 is 0 Å². The molecule has 5 aromatic rings. The Hall–Kier alpha value is -4.96. The van der Waals surface area contributed by atoms with Crippen LogP contribution in [0.15, 0.2) is 88.3 Å². The van der Waals surface area contributed by atoms with Crippen LogP contribution in [0.4, 0.5) is 11.6 Å². The predicted octanol–water partition coefficient (Wildman–Crippen LogP) is 4.94. The highest BCUT2D eigenvalue weighted by molar-refractivity contribution is 6.30. The second-order valence-corrected chi connectivity index (χ2v) is 8.70. The first-order valence-corrected chi connectivity index (χ1v) is 11.8. The SMILES string of the molecule is Cc1cnc(-c2cnc(Nc3ccc(Oc4cccc(C(N)=O)n4)cc3)n(Cc3ccc(Cl)cc3)c2=O)o1.